The number of sulfone groups is 1. The molecule has 1 aromatic carbocycles. The molecule has 7 nitrogen and oxygen atoms in total. The zero-order valence-electron chi connectivity index (χ0n) is 13.1. The smallest absolute Gasteiger partial charge is 0.226 e. The summed E-state index contributed by atoms with van der Waals surface area (Å²) in [4.78, 5) is 13.1. The number of benzene rings is 1. The maximum Gasteiger partial charge on any atom is 0.226 e. The summed E-state index contributed by atoms with van der Waals surface area (Å²) in [6.07, 6.45) is 5.09. The Labute approximate surface area is 157 Å². The number of rotatable bonds is 4. The Morgan fingerprint density at radius 1 is 1.28 bits per heavy atom. The molecule has 0 amide bonds. The monoisotopic (exact) mass is 441 g/mol. The number of hydrogen-bond donors (Lipinski definition) is 1. The number of nitrogens with one attached hydrogen (secondary N) is 1. The standard InChI is InChI=1S/C15H13BrClN5O2S/c1-25(23,24)11-5-8(16)4-9(6-11)19-13-12-14(21-15(17)20-13)22(7-18-12)10-2-3-10/h4-7,10H,2-3H2,1H3,(H,19,20,21). The van der Waals surface area contributed by atoms with Gasteiger partial charge in [0.2, 0.25) is 5.28 Å². The lowest BCUT2D eigenvalue weighted by Gasteiger charge is -2.09. The molecule has 0 radical (unpaired) electrons. The summed E-state index contributed by atoms with van der Waals surface area (Å²) in [7, 11) is -3.34. The van der Waals surface area contributed by atoms with Gasteiger partial charge in [-0.3, -0.25) is 0 Å². The highest BCUT2D eigenvalue weighted by Gasteiger charge is 2.27. The van der Waals surface area contributed by atoms with Crippen molar-refractivity contribution in [3.63, 3.8) is 0 Å². The Hall–Kier alpha value is -1.71. The molecule has 0 bridgehead atoms. The van der Waals surface area contributed by atoms with Gasteiger partial charge in [0.05, 0.1) is 11.2 Å². The zero-order chi connectivity index (χ0) is 17.8. The number of aromatic nitrogens is 4. The van der Waals surface area contributed by atoms with Crippen molar-refractivity contribution in [2.24, 2.45) is 0 Å². The summed E-state index contributed by atoms with van der Waals surface area (Å²) >= 11 is 9.40. The molecule has 25 heavy (non-hydrogen) atoms. The van der Waals surface area contributed by atoms with Crippen molar-refractivity contribution in [2.45, 2.75) is 23.8 Å². The summed E-state index contributed by atoms with van der Waals surface area (Å²) in [5.74, 6) is 0.437. The number of nitrogens with zero attached hydrogens (tertiary/aromatic N) is 4. The first kappa shape index (κ1) is 16.7. The number of imidazole rings is 1. The topological polar surface area (TPSA) is 89.8 Å². The van der Waals surface area contributed by atoms with Gasteiger partial charge >= 0.3 is 0 Å². The van der Waals surface area contributed by atoms with E-state index in [2.05, 4.69) is 36.2 Å². The minimum atomic E-state index is -3.34. The number of halogens is 2. The van der Waals surface area contributed by atoms with E-state index in [1.807, 2.05) is 4.57 Å². The molecule has 0 spiro atoms. The Bertz CT molecular complexity index is 1090. The maximum atomic E-state index is 11.8. The molecule has 1 aliphatic carbocycles. The molecule has 0 atom stereocenters. The minimum absolute atomic E-state index is 0.107. The highest BCUT2D eigenvalue weighted by atomic mass is 79.9. The van der Waals surface area contributed by atoms with Gasteiger partial charge in [-0.2, -0.15) is 9.97 Å². The minimum Gasteiger partial charge on any atom is -0.338 e. The van der Waals surface area contributed by atoms with Crippen LogP contribution in [0.3, 0.4) is 0 Å². The van der Waals surface area contributed by atoms with E-state index in [1.165, 1.54) is 0 Å². The number of hydrogen-bond acceptors (Lipinski definition) is 6. The Morgan fingerprint density at radius 2 is 2.04 bits per heavy atom. The molecule has 0 saturated heterocycles. The van der Waals surface area contributed by atoms with Crippen molar-refractivity contribution >= 4 is 60.0 Å². The van der Waals surface area contributed by atoms with Crippen LogP contribution in [0.25, 0.3) is 11.2 Å². The largest absolute Gasteiger partial charge is 0.338 e. The maximum absolute atomic E-state index is 11.8. The van der Waals surface area contributed by atoms with Gasteiger partial charge in [0.1, 0.15) is 0 Å². The SMILES string of the molecule is CS(=O)(=O)c1cc(Br)cc(Nc2nc(Cl)nc3c2ncn3C2CC2)c1. The van der Waals surface area contributed by atoms with Crippen molar-refractivity contribution in [1.29, 1.82) is 0 Å². The van der Waals surface area contributed by atoms with Gasteiger partial charge in [-0.15, -0.1) is 0 Å². The quantitative estimate of drug-likeness (QED) is 0.619. The summed E-state index contributed by atoms with van der Waals surface area (Å²) < 4.78 is 26.3. The van der Waals surface area contributed by atoms with Crippen molar-refractivity contribution in [3.8, 4) is 0 Å². The molecule has 0 unspecified atom stereocenters. The van der Waals surface area contributed by atoms with E-state index in [-0.39, 0.29) is 10.2 Å². The van der Waals surface area contributed by atoms with Crippen LogP contribution in [0.5, 0.6) is 0 Å². The van der Waals surface area contributed by atoms with Gasteiger partial charge in [0.15, 0.2) is 26.8 Å². The highest BCUT2D eigenvalue weighted by Crippen LogP contribution is 2.38. The van der Waals surface area contributed by atoms with Crippen molar-refractivity contribution in [1.82, 2.24) is 19.5 Å². The fourth-order valence-electron chi connectivity index (χ4n) is 2.58. The van der Waals surface area contributed by atoms with Crippen LogP contribution in [0.1, 0.15) is 18.9 Å². The summed E-state index contributed by atoms with van der Waals surface area (Å²) in [6.45, 7) is 0. The molecule has 2 heterocycles. The lowest BCUT2D eigenvalue weighted by molar-refractivity contribution is 0.602. The third-order valence-corrected chi connectivity index (χ3v) is 5.62. The molecule has 1 N–H and O–H groups in total. The molecule has 10 heteroatoms. The molecule has 3 aromatic rings. The van der Waals surface area contributed by atoms with E-state index in [0.717, 1.165) is 19.1 Å². The summed E-state index contributed by atoms with van der Waals surface area (Å²) in [5, 5.41) is 3.22. The van der Waals surface area contributed by atoms with Crippen LogP contribution >= 0.6 is 27.5 Å². The van der Waals surface area contributed by atoms with Crippen LogP contribution in [0.15, 0.2) is 33.9 Å². The van der Waals surface area contributed by atoms with Crippen LogP contribution < -0.4 is 5.32 Å². The molecular weight excluding hydrogens is 430 g/mol. The fourth-order valence-corrected chi connectivity index (χ4v) is 4.07. The van der Waals surface area contributed by atoms with Gasteiger partial charge < -0.3 is 9.88 Å². The molecular formula is C15H13BrClN5O2S. The second-order valence-electron chi connectivity index (χ2n) is 5.97. The second kappa shape index (κ2) is 5.93. The predicted octanol–water partition coefficient (Wildman–Crippen LogP) is 3.72. The Kier molecular flexibility index (Phi) is 3.97. The molecule has 1 saturated carbocycles. The van der Waals surface area contributed by atoms with Gasteiger partial charge in [-0.25, -0.2) is 13.4 Å². The Morgan fingerprint density at radius 3 is 2.72 bits per heavy atom. The van der Waals surface area contributed by atoms with E-state index in [1.54, 1.807) is 24.5 Å². The van der Waals surface area contributed by atoms with Gasteiger partial charge in [-0.05, 0) is 42.6 Å². The van der Waals surface area contributed by atoms with E-state index in [9.17, 15) is 8.42 Å². The van der Waals surface area contributed by atoms with E-state index in [0.29, 0.717) is 33.2 Å². The number of fused-ring (bicyclic) bond motifs is 1. The number of anilines is 2. The molecule has 130 valence electrons. The first-order valence-electron chi connectivity index (χ1n) is 7.49. The molecule has 1 aliphatic rings. The van der Waals surface area contributed by atoms with Crippen LogP contribution in [0.4, 0.5) is 11.5 Å². The first-order valence-corrected chi connectivity index (χ1v) is 10.6. The van der Waals surface area contributed by atoms with Gasteiger partial charge in [0.25, 0.3) is 0 Å². The zero-order valence-corrected chi connectivity index (χ0v) is 16.2. The van der Waals surface area contributed by atoms with Gasteiger partial charge in [0, 0.05) is 22.5 Å². The summed E-state index contributed by atoms with van der Waals surface area (Å²) in [5.41, 5.74) is 1.83. The molecule has 2 aromatic heterocycles. The summed E-state index contributed by atoms with van der Waals surface area (Å²) in [6, 6.07) is 5.26. The second-order valence-corrected chi connectivity index (χ2v) is 9.24. The average molecular weight is 443 g/mol. The lowest BCUT2D eigenvalue weighted by atomic mass is 10.3. The van der Waals surface area contributed by atoms with E-state index < -0.39 is 9.84 Å². The van der Waals surface area contributed by atoms with Crippen LogP contribution in [0.2, 0.25) is 5.28 Å². The normalized spacial score (nSPS) is 14.8. The highest BCUT2D eigenvalue weighted by molar-refractivity contribution is 9.10. The van der Waals surface area contributed by atoms with Crippen molar-refractivity contribution < 1.29 is 8.42 Å². The Balaban J connectivity index is 1.80. The van der Waals surface area contributed by atoms with Crippen LogP contribution in [-0.4, -0.2) is 34.2 Å². The fraction of sp³-hybridized carbons (Fsp3) is 0.267. The lowest BCUT2D eigenvalue weighted by Crippen LogP contribution is -2.02. The first-order chi connectivity index (χ1) is 11.8. The predicted molar refractivity (Wildman–Crippen MR) is 99.1 cm³/mol. The van der Waals surface area contributed by atoms with Crippen molar-refractivity contribution in [2.75, 3.05) is 11.6 Å². The van der Waals surface area contributed by atoms with Crippen LogP contribution in [0, 0.1) is 0 Å². The van der Waals surface area contributed by atoms with Gasteiger partial charge in [-0.1, -0.05) is 15.9 Å². The molecule has 0 aliphatic heterocycles. The molecule has 4 rings (SSSR count). The third kappa shape index (κ3) is 3.36. The van der Waals surface area contributed by atoms with Crippen LogP contribution in [-0.2, 0) is 9.84 Å². The van der Waals surface area contributed by atoms with Crippen molar-refractivity contribution in [3.05, 3.63) is 34.3 Å². The van der Waals surface area contributed by atoms with E-state index in [4.69, 9.17) is 11.6 Å². The third-order valence-electron chi connectivity index (χ3n) is 3.90. The average Bonchev–Trinajstić information content (AvgIpc) is 3.26. The van der Waals surface area contributed by atoms with E-state index >= 15 is 0 Å². The molecule has 1 fully saturated rings.